The minimum absolute atomic E-state index is 0.238. The van der Waals surface area contributed by atoms with Gasteiger partial charge in [0.1, 0.15) is 5.75 Å². The Morgan fingerprint density at radius 3 is 2.88 bits per heavy atom. The van der Waals surface area contributed by atoms with E-state index in [9.17, 15) is 0 Å². The summed E-state index contributed by atoms with van der Waals surface area (Å²) in [6, 6.07) is 5.74. The average Bonchev–Trinajstić information content (AvgIpc) is 2.32. The van der Waals surface area contributed by atoms with Crippen molar-refractivity contribution < 1.29 is 9.84 Å². The first-order chi connectivity index (χ1) is 8.17. The monoisotopic (exact) mass is 255 g/mol. The Morgan fingerprint density at radius 1 is 1.47 bits per heavy atom. The van der Waals surface area contributed by atoms with E-state index < -0.39 is 0 Å². The molecule has 0 aliphatic carbocycles. The first kappa shape index (κ1) is 14.2. The van der Waals surface area contributed by atoms with Crippen LogP contribution in [0.1, 0.15) is 19.4 Å². The number of rotatable bonds is 7. The predicted molar refractivity (Wildman–Crippen MR) is 74.4 cm³/mol. The van der Waals surface area contributed by atoms with Gasteiger partial charge in [-0.1, -0.05) is 6.92 Å². The lowest BCUT2D eigenvalue weighted by Crippen LogP contribution is -2.04. The summed E-state index contributed by atoms with van der Waals surface area (Å²) in [7, 11) is 0. The molecule has 0 saturated carbocycles. The Balaban J connectivity index is 2.58. The summed E-state index contributed by atoms with van der Waals surface area (Å²) in [5.74, 6) is 3.05. The molecule has 17 heavy (non-hydrogen) atoms. The number of anilines is 1. The number of aliphatic hydroxyl groups is 1. The zero-order valence-electron chi connectivity index (χ0n) is 10.5. The fourth-order valence-corrected chi connectivity index (χ4v) is 2.50. The molecule has 0 bridgehead atoms. The molecule has 4 heteroatoms. The van der Waals surface area contributed by atoms with E-state index in [0.717, 1.165) is 28.5 Å². The van der Waals surface area contributed by atoms with Gasteiger partial charge in [0, 0.05) is 23.6 Å². The van der Waals surface area contributed by atoms with Crippen LogP contribution in [0.3, 0.4) is 0 Å². The highest BCUT2D eigenvalue weighted by Crippen LogP contribution is 2.26. The highest BCUT2D eigenvalue weighted by Gasteiger charge is 2.06. The van der Waals surface area contributed by atoms with Gasteiger partial charge in [-0.25, -0.2) is 0 Å². The summed E-state index contributed by atoms with van der Waals surface area (Å²) in [5.41, 5.74) is 7.67. The van der Waals surface area contributed by atoms with Gasteiger partial charge in [0.2, 0.25) is 0 Å². The molecule has 1 unspecified atom stereocenters. The lowest BCUT2D eigenvalue weighted by Gasteiger charge is -2.12. The van der Waals surface area contributed by atoms with Gasteiger partial charge in [0.05, 0.1) is 6.61 Å². The van der Waals surface area contributed by atoms with Crippen LogP contribution in [-0.4, -0.2) is 24.1 Å². The standard InChI is InChI=1S/C13H21NO2S/c1-3-16-13-5-4-12(14)6-11(13)9-17-8-10(2)7-15/h4-6,10,15H,3,7-9,14H2,1-2H3. The Morgan fingerprint density at radius 2 is 2.24 bits per heavy atom. The van der Waals surface area contributed by atoms with E-state index in [4.69, 9.17) is 15.6 Å². The minimum atomic E-state index is 0.238. The molecule has 0 amide bonds. The fraction of sp³-hybridized carbons (Fsp3) is 0.538. The van der Waals surface area contributed by atoms with Gasteiger partial charge in [0.25, 0.3) is 0 Å². The van der Waals surface area contributed by atoms with E-state index in [1.54, 1.807) is 11.8 Å². The van der Waals surface area contributed by atoms with Crippen molar-refractivity contribution in [3.63, 3.8) is 0 Å². The van der Waals surface area contributed by atoms with Crippen molar-refractivity contribution in [2.24, 2.45) is 5.92 Å². The Bertz CT molecular complexity index is 344. The van der Waals surface area contributed by atoms with Crippen LogP contribution in [0.5, 0.6) is 5.75 Å². The molecule has 96 valence electrons. The second kappa shape index (κ2) is 7.45. The van der Waals surface area contributed by atoms with E-state index in [0.29, 0.717) is 12.5 Å². The second-order valence-corrected chi connectivity index (χ2v) is 5.13. The predicted octanol–water partition coefficient (Wildman–Crippen LogP) is 2.53. The normalized spacial score (nSPS) is 12.4. The van der Waals surface area contributed by atoms with E-state index in [2.05, 4.69) is 0 Å². The van der Waals surface area contributed by atoms with Crippen molar-refractivity contribution in [2.45, 2.75) is 19.6 Å². The highest BCUT2D eigenvalue weighted by molar-refractivity contribution is 7.98. The fourth-order valence-electron chi connectivity index (χ4n) is 1.43. The van der Waals surface area contributed by atoms with Gasteiger partial charge in [-0.05, 0) is 36.8 Å². The third kappa shape index (κ3) is 4.88. The molecule has 0 aromatic heterocycles. The minimum Gasteiger partial charge on any atom is -0.494 e. The van der Waals surface area contributed by atoms with Crippen LogP contribution in [0, 0.1) is 5.92 Å². The zero-order valence-corrected chi connectivity index (χ0v) is 11.3. The van der Waals surface area contributed by atoms with Crippen molar-refractivity contribution in [1.29, 1.82) is 0 Å². The molecule has 0 heterocycles. The van der Waals surface area contributed by atoms with E-state index in [1.165, 1.54) is 0 Å². The molecule has 1 atom stereocenters. The summed E-state index contributed by atoms with van der Waals surface area (Å²) < 4.78 is 5.56. The number of hydrogen-bond acceptors (Lipinski definition) is 4. The van der Waals surface area contributed by atoms with Crippen LogP contribution in [0.2, 0.25) is 0 Å². The summed E-state index contributed by atoms with van der Waals surface area (Å²) in [5, 5.41) is 8.96. The van der Waals surface area contributed by atoms with Gasteiger partial charge >= 0.3 is 0 Å². The third-order valence-electron chi connectivity index (χ3n) is 2.36. The molecular weight excluding hydrogens is 234 g/mol. The molecule has 0 spiro atoms. The van der Waals surface area contributed by atoms with Gasteiger partial charge in [-0.3, -0.25) is 0 Å². The van der Waals surface area contributed by atoms with Crippen LogP contribution in [0.4, 0.5) is 5.69 Å². The highest BCUT2D eigenvalue weighted by atomic mass is 32.2. The van der Waals surface area contributed by atoms with E-state index in [-0.39, 0.29) is 6.61 Å². The molecule has 0 radical (unpaired) electrons. The van der Waals surface area contributed by atoms with E-state index in [1.807, 2.05) is 32.0 Å². The maximum atomic E-state index is 8.96. The Labute approximate surface area is 107 Å². The summed E-state index contributed by atoms with van der Waals surface area (Å²) in [6.07, 6.45) is 0. The molecule has 0 aliphatic heterocycles. The summed E-state index contributed by atoms with van der Waals surface area (Å²) in [6.45, 7) is 4.91. The lowest BCUT2D eigenvalue weighted by molar-refractivity contribution is 0.250. The van der Waals surface area contributed by atoms with Crippen molar-refractivity contribution >= 4 is 17.4 Å². The molecule has 0 saturated heterocycles. The number of benzene rings is 1. The first-order valence-corrected chi connectivity index (χ1v) is 7.02. The maximum Gasteiger partial charge on any atom is 0.123 e. The SMILES string of the molecule is CCOc1ccc(N)cc1CSCC(C)CO. The largest absolute Gasteiger partial charge is 0.494 e. The number of nitrogens with two attached hydrogens (primary N) is 1. The average molecular weight is 255 g/mol. The molecule has 1 aromatic carbocycles. The molecule has 3 nitrogen and oxygen atoms in total. The molecule has 1 aromatic rings. The van der Waals surface area contributed by atoms with Crippen LogP contribution in [0.25, 0.3) is 0 Å². The molecule has 3 N–H and O–H groups in total. The number of thioether (sulfide) groups is 1. The van der Waals surface area contributed by atoms with Gasteiger partial charge in [0.15, 0.2) is 0 Å². The van der Waals surface area contributed by atoms with Gasteiger partial charge in [-0.15, -0.1) is 0 Å². The van der Waals surface area contributed by atoms with Gasteiger partial charge in [-0.2, -0.15) is 11.8 Å². The van der Waals surface area contributed by atoms with Crippen molar-refractivity contribution in [3.05, 3.63) is 23.8 Å². The van der Waals surface area contributed by atoms with Crippen molar-refractivity contribution in [1.82, 2.24) is 0 Å². The Hall–Kier alpha value is -0.870. The zero-order chi connectivity index (χ0) is 12.7. The lowest BCUT2D eigenvalue weighted by atomic mass is 10.2. The topological polar surface area (TPSA) is 55.5 Å². The number of nitrogen functional groups attached to an aromatic ring is 1. The molecule has 1 rings (SSSR count). The van der Waals surface area contributed by atoms with Crippen LogP contribution in [0.15, 0.2) is 18.2 Å². The van der Waals surface area contributed by atoms with Crippen LogP contribution in [-0.2, 0) is 5.75 Å². The Kier molecular flexibility index (Phi) is 6.22. The molecule has 0 aliphatic rings. The third-order valence-corrected chi connectivity index (χ3v) is 3.68. The number of ether oxygens (including phenoxy) is 1. The van der Waals surface area contributed by atoms with Gasteiger partial charge < -0.3 is 15.6 Å². The van der Waals surface area contributed by atoms with Crippen molar-refractivity contribution in [2.75, 3.05) is 24.7 Å². The van der Waals surface area contributed by atoms with Crippen LogP contribution >= 0.6 is 11.8 Å². The second-order valence-electron chi connectivity index (χ2n) is 4.10. The molecular formula is C13H21NO2S. The van der Waals surface area contributed by atoms with Crippen molar-refractivity contribution in [3.8, 4) is 5.75 Å². The summed E-state index contributed by atoms with van der Waals surface area (Å²) >= 11 is 1.79. The van der Waals surface area contributed by atoms with Crippen LogP contribution < -0.4 is 10.5 Å². The molecule has 0 fully saturated rings. The smallest absolute Gasteiger partial charge is 0.123 e. The summed E-state index contributed by atoms with van der Waals surface area (Å²) in [4.78, 5) is 0. The maximum absolute atomic E-state index is 8.96. The number of hydrogen-bond donors (Lipinski definition) is 2. The number of aliphatic hydroxyl groups excluding tert-OH is 1. The first-order valence-electron chi connectivity index (χ1n) is 5.87. The quantitative estimate of drug-likeness (QED) is 0.735. The van der Waals surface area contributed by atoms with E-state index >= 15 is 0 Å².